The van der Waals surface area contributed by atoms with Crippen LogP contribution in [0.1, 0.15) is 52.5 Å². The van der Waals surface area contributed by atoms with Crippen molar-refractivity contribution in [3.8, 4) is 0 Å². The summed E-state index contributed by atoms with van der Waals surface area (Å²) in [5.74, 6) is 0.115. The average molecular weight is 320 g/mol. The molecule has 0 heterocycles. The maximum Gasteiger partial charge on any atom is 0.412 e. The van der Waals surface area contributed by atoms with E-state index in [-0.39, 0.29) is 5.91 Å². The van der Waals surface area contributed by atoms with Crippen LogP contribution in [0, 0.1) is 0 Å². The van der Waals surface area contributed by atoms with E-state index in [4.69, 9.17) is 4.74 Å². The van der Waals surface area contributed by atoms with Crippen LogP contribution in [0.2, 0.25) is 0 Å². The number of anilines is 1. The Balaban J connectivity index is 2.33. The number of benzene rings is 1. The molecule has 0 aromatic heterocycles. The summed E-state index contributed by atoms with van der Waals surface area (Å²) in [6, 6.07) is 7.66. The highest BCUT2D eigenvalue weighted by molar-refractivity contribution is 5.84. The summed E-state index contributed by atoms with van der Waals surface area (Å²) in [4.78, 5) is 23.0. The Morgan fingerprint density at radius 3 is 2.35 bits per heavy atom. The molecule has 0 atom stereocenters. The normalized spacial score (nSPS) is 11.0. The number of hydrogen-bond acceptors (Lipinski definition) is 3. The maximum absolute atomic E-state index is 11.7. The zero-order chi connectivity index (χ0) is 17.3. The van der Waals surface area contributed by atoms with Crippen molar-refractivity contribution in [3.05, 3.63) is 29.8 Å². The van der Waals surface area contributed by atoms with Gasteiger partial charge in [0.25, 0.3) is 0 Å². The second-order valence-corrected chi connectivity index (χ2v) is 6.53. The zero-order valence-corrected chi connectivity index (χ0v) is 14.6. The molecule has 0 aliphatic carbocycles. The number of nitrogens with one attached hydrogen (secondary N) is 2. The highest BCUT2D eigenvalue weighted by Gasteiger charge is 2.15. The summed E-state index contributed by atoms with van der Waals surface area (Å²) in [7, 11) is 0. The second-order valence-electron chi connectivity index (χ2n) is 6.53. The average Bonchev–Trinajstić information content (AvgIpc) is 2.43. The Labute approximate surface area is 138 Å². The number of amides is 2. The van der Waals surface area contributed by atoms with Crippen LogP contribution in [0.15, 0.2) is 24.3 Å². The zero-order valence-electron chi connectivity index (χ0n) is 14.6. The molecule has 23 heavy (non-hydrogen) atoms. The molecule has 0 saturated heterocycles. The molecule has 0 aliphatic heterocycles. The molecular formula is C18H28N2O3. The van der Waals surface area contributed by atoms with E-state index in [0.29, 0.717) is 18.7 Å². The van der Waals surface area contributed by atoms with Crippen molar-refractivity contribution in [1.29, 1.82) is 0 Å². The van der Waals surface area contributed by atoms with Crippen molar-refractivity contribution in [3.63, 3.8) is 0 Å². The highest BCUT2D eigenvalue weighted by atomic mass is 16.6. The van der Waals surface area contributed by atoms with Gasteiger partial charge in [0.15, 0.2) is 0 Å². The fourth-order valence-corrected chi connectivity index (χ4v) is 2.01. The molecule has 5 nitrogen and oxygen atoms in total. The van der Waals surface area contributed by atoms with Gasteiger partial charge in [0.2, 0.25) is 5.91 Å². The molecule has 0 fully saturated rings. The highest BCUT2D eigenvalue weighted by Crippen LogP contribution is 2.13. The Morgan fingerprint density at radius 2 is 1.78 bits per heavy atom. The summed E-state index contributed by atoms with van der Waals surface area (Å²) in [6.45, 7) is 8.17. The number of rotatable bonds is 7. The standard InChI is InChI=1S/C18H28N2O3/c1-5-7-16(21)19-13-6-8-14-9-11-15(12-10-14)20-17(22)23-18(2,3)4/h9-12H,5-8,13H2,1-4H3,(H,19,21)(H,20,22). The fourth-order valence-electron chi connectivity index (χ4n) is 2.01. The van der Waals surface area contributed by atoms with E-state index in [1.54, 1.807) is 0 Å². The molecule has 0 unspecified atom stereocenters. The summed E-state index contributed by atoms with van der Waals surface area (Å²) < 4.78 is 5.20. The first-order valence-corrected chi connectivity index (χ1v) is 8.16. The fraction of sp³-hybridized carbons (Fsp3) is 0.556. The van der Waals surface area contributed by atoms with Crippen LogP contribution >= 0.6 is 0 Å². The van der Waals surface area contributed by atoms with Crippen molar-refractivity contribution < 1.29 is 14.3 Å². The SMILES string of the molecule is CCCC(=O)NCCCc1ccc(NC(=O)OC(C)(C)C)cc1. The van der Waals surface area contributed by atoms with Gasteiger partial charge in [-0.3, -0.25) is 10.1 Å². The molecule has 1 aromatic carbocycles. The van der Waals surface area contributed by atoms with Gasteiger partial charge in [-0.2, -0.15) is 0 Å². The molecule has 2 N–H and O–H groups in total. The lowest BCUT2D eigenvalue weighted by Gasteiger charge is -2.19. The van der Waals surface area contributed by atoms with Gasteiger partial charge < -0.3 is 10.1 Å². The molecule has 128 valence electrons. The summed E-state index contributed by atoms with van der Waals surface area (Å²) in [5.41, 5.74) is 1.37. The van der Waals surface area contributed by atoms with Gasteiger partial charge in [0.05, 0.1) is 0 Å². The van der Waals surface area contributed by atoms with Crippen LogP contribution in [-0.2, 0) is 16.0 Å². The first-order chi connectivity index (χ1) is 10.8. The number of carbonyl (C=O) groups excluding carboxylic acids is 2. The van der Waals surface area contributed by atoms with Crippen LogP contribution in [0.25, 0.3) is 0 Å². The van der Waals surface area contributed by atoms with E-state index in [0.717, 1.165) is 19.3 Å². The predicted molar refractivity (Wildman–Crippen MR) is 92.5 cm³/mol. The number of hydrogen-bond donors (Lipinski definition) is 2. The van der Waals surface area contributed by atoms with Gasteiger partial charge in [-0.15, -0.1) is 0 Å². The van der Waals surface area contributed by atoms with Crippen molar-refractivity contribution in [2.75, 3.05) is 11.9 Å². The molecule has 1 aromatic rings. The molecule has 1 rings (SSSR count). The molecule has 0 bridgehead atoms. The first-order valence-electron chi connectivity index (χ1n) is 8.16. The van der Waals surface area contributed by atoms with Crippen LogP contribution in [0.3, 0.4) is 0 Å². The molecular weight excluding hydrogens is 292 g/mol. The molecule has 0 radical (unpaired) electrons. The van der Waals surface area contributed by atoms with Crippen molar-refractivity contribution in [1.82, 2.24) is 5.32 Å². The monoisotopic (exact) mass is 320 g/mol. The Hall–Kier alpha value is -2.04. The smallest absolute Gasteiger partial charge is 0.412 e. The minimum atomic E-state index is -0.508. The molecule has 0 spiro atoms. The minimum Gasteiger partial charge on any atom is -0.444 e. The third-order valence-corrected chi connectivity index (χ3v) is 3.04. The van der Waals surface area contributed by atoms with Gasteiger partial charge in [-0.1, -0.05) is 19.1 Å². The van der Waals surface area contributed by atoms with Crippen molar-refractivity contribution >= 4 is 17.7 Å². The van der Waals surface area contributed by atoms with E-state index < -0.39 is 11.7 Å². The van der Waals surface area contributed by atoms with E-state index in [2.05, 4.69) is 10.6 Å². The van der Waals surface area contributed by atoms with Crippen molar-refractivity contribution in [2.45, 2.75) is 59.0 Å². The Bertz CT molecular complexity index is 504. The lowest BCUT2D eigenvalue weighted by molar-refractivity contribution is -0.121. The van der Waals surface area contributed by atoms with E-state index in [9.17, 15) is 9.59 Å². The summed E-state index contributed by atoms with van der Waals surface area (Å²) in [5, 5.41) is 5.60. The maximum atomic E-state index is 11.7. The molecule has 0 saturated carbocycles. The number of carbonyl (C=O) groups is 2. The Morgan fingerprint density at radius 1 is 1.13 bits per heavy atom. The van der Waals surface area contributed by atoms with Crippen LogP contribution in [0.5, 0.6) is 0 Å². The topological polar surface area (TPSA) is 67.4 Å². The molecule has 5 heteroatoms. The summed E-state index contributed by atoms with van der Waals surface area (Å²) in [6.07, 6.45) is 2.79. The van der Waals surface area contributed by atoms with E-state index >= 15 is 0 Å². The van der Waals surface area contributed by atoms with Crippen LogP contribution in [0.4, 0.5) is 10.5 Å². The van der Waals surface area contributed by atoms with Gasteiger partial charge >= 0.3 is 6.09 Å². The largest absolute Gasteiger partial charge is 0.444 e. The Kier molecular flexibility index (Phi) is 7.59. The quantitative estimate of drug-likeness (QED) is 0.749. The lowest BCUT2D eigenvalue weighted by atomic mass is 10.1. The molecule has 0 aliphatic rings. The third kappa shape index (κ3) is 8.86. The predicted octanol–water partition coefficient (Wildman–Crippen LogP) is 3.88. The number of aryl methyl sites for hydroxylation is 1. The second kappa shape index (κ2) is 9.18. The first kappa shape index (κ1) is 19.0. The van der Waals surface area contributed by atoms with Gasteiger partial charge in [0, 0.05) is 18.7 Å². The lowest BCUT2D eigenvalue weighted by Crippen LogP contribution is -2.27. The van der Waals surface area contributed by atoms with E-state index in [1.165, 1.54) is 5.56 Å². The minimum absolute atomic E-state index is 0.115. The number of ether oxygens (including phenoxy) is 1. The van der Waals surface area contributed by atoms with Crippen LogP contribution in [-0.4, -0.2) is 24.1 Å². The van der Waals surface area contributed by atoms with Crippen LogP contribution < -0.4 is 10.6 Å². The molecule has 2 amide bonds. The van der Waals surface area contributed by atoms with Gasteiger partial charge in [-0.05, 0) is 57.7 Å². The van der Waals surface area contributed by atoms with E-state index in [1.807, 2.05) is 52.0 Å². The van der Waals surface area contributed by atoms with Gasteiger partial charge in [0.1, 0.15) is 5.60 Å². The summed E-state index contributed by atoms with van der Waals surface area (Å²) >= 11 is 0. The van der Waals surface area contributed by atoms with Gasteiger partial charge in [-0.25, -0.2) is 4.79 Å². The third-order valence-electron chi connectivity index (χ3n) is 3.04. The van der Waals surface area contributed by atoms with Crippen molar-refractivity contribution in [2.24, 2.45) is 0 Å².